The maximum absolute atomic E-state index is 13.9. The lowest BCUT2D eigenvalue weighted by atomic mass is 10.2. The highest BCUT2D eigenvalue weighted by molar-refractivity contribution is 6.31. The van der Waals surface area contributed by atoms with Gasteiger partial charge in [-0.15, -0.1) is 11.6 Å². The Bertz CT molecular complexity index is 1080. The molecule has 0 bridgehead atoms. The Labute approximate surface area is 165 Å². The zero-order valence-electron chi connectivity index (χ0n) is 14.3. The minimum atomic E-state index is -0.482. The van der Waals surface area contributed by atoms with E-state index in [1.54, 1.807) is 24.8 Å². The quantitative estimate of drug-likeness (QED) is 0.435. The van der Waals surface area contributed by atoms with Crippen LogP contribution in [0.3, 0.4) is 0 Å². The number of nitrogens with zero attached hydrogens (tertiary/aromatic N) is 5. The van der Waals surface area contributed by atoms with Crippen molar-refractivity contribution in [2.75, 3.05) is 5.88 Å². The van der Waals surface area contributed by atoms with E-state index in [0.717, 1.165) is 28.9 Å². The lowest BCUT2D eigenvalue weighted by Crippen LogP contribution is -2.03. The van der Waals surface area contributed by atoms with Gasteiger partial charge in [-0.25, -0.2) is 14.4 Å². The van der Waals surface area contributed by atoms with Crippen LogP contribution in [-0.2, 0) is 13.1 Å². The number of imidazole rings is 2. The van der Waals surface area contributed by atoms with Crippen molar-refractivity contribution < 1.29 is 4.39 Å². The number of pyridine rings is 1. The average molecular weight is 404 g/mol. The van der Waals surface area contributed by atoms with Gasteiger partial charge in [0, 0.05) is 48.8 Å². The number of rotatable bonds is 6. The van der Waals surface area contributed by atoms with E-state index in [0.29, 0.717) is 24.5 Å². The van der Waals surface area contributed by atoms with Gasteiger partial charge in [0.15, 0.2) is 0 Å². The molecule has 8 heteroatoms. The zero-order valence-corrected chi connectivity index (χ0v) is 15.8. The Morgan fingerprint density at radius 2 is 2.00 bits per heavy atom. The molecule has 0 aliphatic rings. The van der Waals surface area contributed by atoms with Crippen molar-refractivity contribution in [1.29, 1.82) is 0 Å². The number of fused-ring (bicyclic) bond motifs is 1. The fourth-order valence-corrected chi connectivity index (χ4v) is 3.35. The Kier molecular flexibility index (Phi) is 5.09. The minimum absolute atomic E-state index is 0.0769. The van der Waals surface area contributed by atoms with E-state index < -0.39 is 5.82 Å². The van der Waals surface area contributed by atoms with Crippen LogP contribution >= 0.6 is 23.2 Å². The molecule has 0 radical (unpaired) electrons. The van der Waals surface area contributed by atoms with Crippen LogP contribution in [0.5, 0.6) is 0 Å². The van der Waals surface area contributed by atoms with Crippen LogP contribution in [0.1, 0.15) is 12.0 Å². The van der Waals surface area contributed by atoms with Gasteiger partial charge < -0.3 is 9.13 Å². The standard InChI is InChI=1S/C19H16Cl2FN5/c20-2-1-4-27-18-7-15(21)16(22)8-17(18)25-19(27)14-6-13(9-24-10-14)11-26-5-3-23-12-26/h3,5-10,12H,1-2,4,11H2. The van der Waals surface area contributed by atoms with Crippen molar-refractivity contribution in [3.63, 3.8) is 0 Å². The van der Waals surface area contributed by atoms with Gasteiger partial charge in [-0.1, -0.05) is 11.6 Å². The van der Waals surface area contributed by atoms with E-state index in [4.69, 9.17) is 23.2 Å². The van der Waals surface area contributed by atoms with Crippen LogP contribution in [0.2, 0.25) is 5.02 Å². The normalized spacial score (nSPS) is 11.4. The number of aryl methyl sites for hydroxylation is 1. The Morgan fingerprint density at radius 3 is 2.78 bits per heavy atom. The molecule has 0 N–H and O–H groups in total. The first kappa shape index (κ1) is 17.9. The molecule has 0 amide bonds. The number of halogens is 3. The van der Waals surface area contributed by atoms with Crippen LogP contribution in [-0.4, -0.2) is 30.0 Å². The second kappa shape index (κ2) is 7.66. The fourth-order valence-electron chi connectivity index (χ4n) is 3.07. The van der Waals surface area contributed by atoms with Crippen LogP contribution in [0.15, 0.2) is 49.3 Å². The number of benzene rings is 1. The lowest BCUT2D eigenvalue weighted by molar-refractivity contribution is 0.629. The summed E-state index contributed by atoms with van der Waals surface area (Å²) in [7, 11) is 0. The van der Waals surface area contributed by atoms with Gasteiger partial charge >= 0.3 is 0 Å². The molecule has 0 unspecified atom stereocenters. The summed E-state index contributed by atoms with van der Waals surface area (Å²) >= 11 is 11.9. The molecule has 0 spiro atoms. The minimum Gasteiger partial charge on any atom is -0.333 e. The van der Waals surface area contributed by atoms with Crippen molar-refractivity contribution in [2.45, 2.75) is 19.5 Å². The summed E-state index contributed by atoms with van der Waals surface area (Å²) < 4.78 is 17.9. The van der Waals surface area contributed by atoms with Crippen LogP contribution in [0.4, 0.5) is 4.39 Å². The third-order valence-corrected chi connectivity index (χ3v) is 4.84. The largest absolute Gasteiger partial charge is 0.333 e. The van der Waals surface area contributed by atoms with E-state index >= 15 is 0 Å². The van der Waals surface area contributed by atoms with Crippen molar-refractivity contribution in [3.05, 3.63) is 65.7 Å². The molecule has 138 valence electrons. The Balaban J connectivity index is 1.80. The molecule has 5 nitrogen and oxygen atoms in total. The van der Waals surface area contributed by atoms with E-state index in [1.165, 1.54) is 6.07 Å². The van der Waals surface area contributed by atoms with Gasteiger partial charge in [-0.05, 0) is 24.1 Å². The number of alkyl halides is 1. The van der Waals surface area contributed by atoms with Crippen molar-refractivity contribution in [2.24, 2.45) is 0 Å². The first-order chi connectivity index (χ1) is 13.2. The predicted octanol–water partition coefficient (Wildman–Crippen LogP) is 4.76. The first-order valence-electron chi connectivity index (χ1n) is 8.47. The maximum Gasteiger partial charge on any atom is 0.144 e. The Morgan fingerprint density at radius 1 is 1.11 bits per heavy atom. The molecule has 0 aliphatic heterocycles. The summed E-state index contributed by atoms with van der Waals surface area (Å²) in [6, 6.07) is 5.00. The number of hydrogen-bond acceptors (Lipinski definition) is 3. The van der Waals surface area contributed by atoms with E-state index in [-0.39, 0.29) is 5.02 Å². The summed E-state index contributed by atoms with van der Waals surface area (Å²) in [4.78, 5) is 13.1. The molecule has 0 aliphatic carbocycles. The second-order valence-electron chi connectivity index (χ2n) is 6.20. The van der Waals surface area contributed by atoms with Gasteiger partial charge in [-0.2, -0.15) is 0 Å². The van der Waals surface area contributed by atoms with Crippen molar-refractivity contribution in [3.8, 4) is 11.4 Å². The lowest BCUT2D eigenvalue weighted by Gasteiger charge is -2.10. The van der Waals surface area contributed by atoms with Crippen LogP contribution in [0.25, 0.3) is 22.4 Å². The average Bonchev–Trinajstić information content (AvgIpc) is 3.29. The molecule has 4 aromatic rings. The van der Waals surface area contributed by atoms with Gasteiger partial charge in [0.05, 0.1) is 28.9 Å². The predicted molar refractivity (Wildman–Crippen MR) is 105 cm³/mol. The SMILES string of the molecule is Fc1cc2nc(-c3cncc(Cn4ccnc4)c3)n(CCCCl)c2cc1Cl. The fraction of sp³-hybridized carbons (Fsp3) is 0.211. The highest BCUT2D eigenvalue weighted by atomic mass is 35.5. The van der Waals surface area contributed by atoms with E-state index in [1.807, 2.05) is 27.6 Å². The molecule has 0 saturated carbocycles. The first-order valence-corrected chi connectivity index (χ1v) is 9.38. The molecule has 3 heterocycles. The third kappa shape index (κ3) is 3.68. The van der Waals surface area contributed by atoms with Gasteiger partial charge in [0.2, 0.25) is 0 Å². The van der Waals surface area contributed by atoms with Gasteiger partial charge in [-0.3, -0.25) is 4.98 Å². The highest BCUT2D eigenvalue weighted by Crippen LogP contribution is 2.29. The second-order valence-corrected chi connectivity index (χ2v) is 6.99. The summed E-state index contributed by atoms with van der Waals surface area (Å²) in [5.74, 6) is 0.758. The summed E-state index contributed by atoms with van der Waals surface area (Å²) in [6.07, 6.45) is 9.72. The number of aromatic nitrogens is 5. The molecule has 3 aromatic heterocycles. The molecule has 4 rings (SSSR count). The van der Waals surface area contributed by atoms with Crippen LogP contribution < -0.4 is 0 Å². The molecular formula is C19H16Cl2FN5. The summed E-state index contributed by atoms with van der Waals surface area (Å²) in [5, 5.41) is 0.0769. The molecule has 27 heavy (non-hydrogen) atoms. The molecular weight excluding hydrogens is 388 g/mol. The topological polar surface area (TPSA) is 48.5 Å². The zero-order chi connectivity index (χ0) is 18.8. The monoisotopic (exact) mass is 403 g/mol. The number of hydrogen-bond donors (Lipinski definition) is 0. The molecule has 1 aromatic carbocycles. The summed E-state index contributed by atoms with van der Waals surface area (Å²) in [6.45, 7) is 1.31. The maximum atomic E-state index is 13.9. The van der Waals surface area contributed by atoms with Crippen LogP contribution in [0, 0.1) is 5.82 Å². The molecule has 0 atom stereocenters. The molecule has 0 saturated heterocycles. The molecule has 0 fully saturated rings. The van der Waals surface area contributed by atoms with Gasteiger partial charge in [0.25, 0.3) is 0 Å². The van der Waals surface area contributed by atoms with Gasteiger partial charge in [0.1, 0.15) is 11.6 Å². The van der Waals surface area contributed by atoms with E-state index in [2.05, 4.69) is 15.0 Å². The third-order valence-electron chi connectivity index (χ3n) is 4.28. The van der Waals surface area contributed by atoms with Crippen molar-refractivity contribution >= 4 is 34.2 Å². The van der Waals surface area contributed by atoms with Crippen molar-refractivity contribution in [1.82, 2.24) is 24.1 Å². The smallest absolute Gasteiger partial charge is 0.144 e. The highest BCUT2D eigenvalue weighted by Gasteiger charge is 2.16. The Hall–Kier alpha value is -2.44. The summed E-state index contributed by atoms with van der Waals surface area (Å²) in [5.41, 5.74) is 3.21. The van der Waals surface area contributed by atoms with E-state index in [9.17, 15) is 4.39 Å².